The van der Waals surface area contributed by atoms with Gasteiger partial charge < -0.3 is 4.74 Å². The van der Waals surface area contributed by atoms with Crippen molar-refractivity contribution in [2.45, 2.75) is 536 Å². The van der Waals surface area contributed by atoms with E-state index in [-0.39, 0.29) is 5.41 Å². The number of carbonyl (C=O) groups excluding carboxylic acids is 1. The normalized spacial score (nSPS) is 12.6. The Labute approximate surface area is 584 Å². The molecule has 0 spiro atoms. The van der Waals surface area contributed by atoms with Crippen LogP contribution >= 0.6 is 0 Å². The summed E-state index contributed by atoms with van der Waals surface area (Å²) in [6.45, 7) is 17.1. The zero-order chi connectivity index (χ0) is 66.7. The zero-order valence-corrected chi connectivity index (χ0v) is 65.5. The summed E-state index contributed by atoms with van der Waals surface area (Å²) in [5.74, 6) is 0.905. The summed E-state index contributed by atoms with van der Waals surface area (Å²) in [5.41, 5.74) is -0.405. The first-order valence-corrected chi connectivity index (χ1v) is 44.3. The third-order valence-electron chi connectivity index (χ3n) is 22.7. The maximum atomic E-state index is 16.7. The highest BCUT2D eigenvalue weighted by molar-refractivity contribution is 5.78. The number of hydrogen-bond donors (Lipinski definition) is 0. The van der Waals surface area contributed by atoms with Crippen molar-refractivity contribution in [2.75, 3.05) is 6.61 Å². The summed E-state index contributed by atoms with van der Waals surface area (Å²) in [4.78, 5) is 16.7. The minimum Gasteiger partial charge on any atom is -0.465 e. The molecule has 0 fully saturated rings. The SMILES string of the molecule is CCCCCCCCC=CCCCCC(CCCCCCCCCCCC)C(CCCCCCCCCCCC)(CCCCCCCCCCCC)C(CCCCCCCCCCCC)(CCCCCCCCCCCC)C(=O)OCCCCCCCCCCCC. The standard InChI is InChI=1S/C90H178O2/c1-8-15-22-29-36-43-50-51-53-60-67-74-81-87(80-73-66-59-52-44-37-30-23-16-9-2)89(82-75-68-61-54-45-38-31-24-17-10-3,83-76-69-62-55-46-39-32-25-18-11-4)90(84-77-70-63-56-47-40-33-26-19-12-5,85-78-71-64-57-48-41-34-27-20-13-6)88(91)92-86-79-72-65-58-49-42-35-28-21-14-7/h51,53,87H,8-50,52,54-86H2,1-7H3. The highest BCUT2D eigenvalue weighted by Crippen LogP contribution is 2.61. The van der Waals surface area contributed by atoms with Crippen LogP contribution in [0.5, 0.6) is 0 Å². The molecule has 92 heavy (non-hydrogen) atoms. The molecule has 1 unspecified atom stereocenters. The van der Waals surface area contributed by atoms with Crippen molar-refractivity contribution < 1.29 is 9.53 Å². The van der Waals surface area contributed by atoms with Gasteiger partial charge in [0.1, 0.15) is 0 Å². The number of ether oxygens (including phenoxy) is 1. The summed E-state index contributed by atoms with van der Waals surface area (Å²) < 4.78 is 7.19. The van der Waals surface area contributed by atoms with Gasteiger partial charge in [-0.05, 0) is 82.0 Å². The van der Waals surface area contributed by atoms with E-state index in [1.165, 1.54) is 469 Å². The highest BCUT2D eigenvalue weighted by Gasteiger charge is 2.58. The van der Waals surface area contributed by atoms with E-state index in [1.54, 1.807) is 0 Å². The first kappa shape index (κ1) is 91.2. The van der Waals surface area contributed by atoms with Gasteiger partial charge in [-0.25, -0.2) is 0 Å². The van der Waals surface area contributed by atoms with Crippen molar-refractivity contribution >= 4 is 5.97 Å². The van der Waals surface area contributed by atoms with Crippen molar-refractivity contribution in [3.05, 3.63) is 12.2 Å². The molecule has 0 rings (SSSR count). The maximum Gasteiger partial charge on any atom is 0.312 e. The second-order valence-corrected chi connectivity index (χ2v) is 31.3. The fourth-order valence-corrected chi connectivity index (χ4v) is 16.5. The van der Waals surface area contributed by atoms with Crippen LogP contribution in [0.2, 0.25) is 0 Å². The maximum absolute atomic E-state index is 16.7. The average Bonchev–Trinajstić information content (AvgIpc) is 0.745. The number of rotatable bonds is 81. The van der Waals surface area contributed by atoms with Crippen LogP contribution in [0.1, 0.15) is 536 Å². The van der Waals surface area contributed by atoms with Gasteiger partial charge in [-0.3, -0.25) is 4.79 Å². The van der Waals surface area contributed by atoms with E-state index >= 15 is 4.79 Å². The Bertz CT molecular complexity index is 1350. The van der Waals surface area contributed by atoms with E-state index in [0.29, 0.717) is 18.5 Å². The molecular weight excluding hydrogens is 1110 g/mol. The van der Waals surface area contributed by atoms with E-state index in [2.05, 4.69) is 60.6 Å². The van der Waals surface area contributed by atoms with Crippen molar-refractivity contribution in [2.24, 2.45) is 16.7 Å². The highest BCUT2D eigenvalue weighted by atomic mass is 16.5. The molecule has 0 amide bonds. The molecule has 1 atom stereocenters. The molecule has 0 heterocycles. The van der Waals surface area contributed by atoms with Crippen LogP contribution in [0.4, 0.5) is 0 Å². The van der Waals surface area contributed by atoms with Crippen LogP contribution in [0, 0.1) is 16.7 Å². The molecular formula is C90H178O2. The molecule has 0 N–H and O–H groups in total. The van der Waals surface area contributed by atoms with Crippen molar-refractivity contribution in [1.29, 1.82) is 0 Å². The van der Waals surface area contributed by atoms with Crippen LogP contribution in [0.25, 0.3) is 0 Å². The van der Waals surface area contributed by atoms with Gasteiger partial charge in [0.15, 0.2) is 0 Å². The Kier molecular flexibility index (Phi) is 75.3. The molecule has 2 nitrogen and oxygen atoms in total. The summed E-state index contributed by atoms with van der Waals surface area (Å²) in [6, 6.07) is 0. The first-order valence-electron chi connectivity index (χ1n) is 44.3. The molecule has 0 aliphatic heterocycles. The molecule has 0 bridgehead atoms. The Balaban J connectivity index is 7.86. The van der Waals surface area contributed by atoms with Gasteiger partial charge in [0.25, 0.3) is 0 Å². The van der Waals surface area contributed by atoms with E-state index < -0.39 is 5.41 Å². The van der Waals surface area contributed by atoms with Crippen molar-refractivity contribution in [1.82, 2.24) is 0 Å². The molecule has 0 radical (unpaired) electrons. The van der Waals surface area contributed by atoms with Crippen LogP contribution in [0.3, 0.4) is 0 Å². The number of unbranched alkanes of at least 4 members (excludes halogenated alkanes) is 62. The fourth-order valence-electron chi connectivity index (χ4n) is 16.5. The second kappa shape index (κ2) is 76.0. The fraction of sp³-hybridized carbons (Fsp3) is 0.967. The summed E-state index contributed by atoms with van der Waals surface area (Å²) in [7, 11) is 0. The van der Waals surface area contributed by atoms with Gasteiger partial charge >= 0.3 is 5.97 Å². The molecule has 0 aromatic heterocycles. The molecule has 2 heteroatoms. The third kappa shape index (κ3) is 56.1. The summed E-state index contributed by atoms with van der Waals surface area (Å²) in [6.07, 6.45) is 108. The molecule has 0 saturated heterocycles. The van der Waals surface area contributed by atoms with E-state index in [9.17, 15) is 0 Å². The molecule has 0 aromatic rings. The number of esters is 1. The largest absolute Gasteiger partial charge is 0.465 e. The lowest BCUT2D eigenvalue weighted by atomic mass is 9.48. The second-order valence-electron chi connectivity index (χ2n) is 31.3. The lowest BCUT2D eigenvalue weighted by Gasteiger charge is -2.55. The van der Waals surface area contributed by atoms with E-state index in [0.717, 1.165) is 19.3 Å². The van der Waals surface area contributed by atoms with Gasteiger partial charge in [-0.1, -0.05) is 478 Å². The summed E-state index contributed by atoms with van der Waals surface area (Å²) >= 11 is 0. The molecule has 0 aliphatic carbocycles. The van der Waals surface area contributed by atoms with Crippen molar-refractivity contribution in [3.8, 4) is 0 Å². The first-order chi connectivity index (χ1) is 45.5. The lowest BCUT2D eigenvalue weighted by Crippen LogP contribution is -2.53. The lowest BCUT2D eigenvalue weighted by molar-refractivity contribution is -0.177. The summed E-state index contributed by atoms with van der Waals surface area (Å²) in [5, 5.41) is 0. The van der Waals surface area contributed by atoms with Crippen LogP contribution in [-0.2, 0) is 9.53 Å². The van der Waals surface area contributed by atoms with Crippen molar-refractivity contribution in [3.63, 3.8) is 0 Å². The average molecular weight is 1290 g/mol. The van der Waals surface area contributed by atoms with Gasteiger partial charge in [-0.2, -0.15) is 0 Å². The Hall–Kier alpha value is -0.790. The van der Waals surface area contributed by atoms with Crippen LogP contribution < -0.4 is 0 Å². The van der Waals surface area contributed by atoms with Gasteiger partial charge in [0.2, 0.25) is 0 Å². The van der Waals surface area contributed by atoms with Crippen LogP contribution in [0.15, 0.2) is 12.2 Å². The van der Waals surface area contributed by atoms with Gasteiger partial charge in [-0.15, -0.1) is 0 Å². The third-order valence-corrected chi connectivity index (χ3v) is 22.7. The number of allylic oxidation sites excluding steroid dienone is 2. The van der Waals surface area contributed by atoms with E-state index in [1.807, 2.05) is 0 Å². The zero-order valence-electron chi connectivity index (χ0n) is 65.5. The minimum atomic E-state index is -0.398. The predicted octanol–water partition coefficient (Wildman–Crippen LogP) is 33.5. The molecule has 0 saturated carbocycles. The van der Waals surface area contributed by atoms with Gasteiger partial charge in [0, 0.05) is 0 Å². The topological polar surface area (TPSA) is 26.3 Å². The van der Waals surface area contributed by atoms with Crippen LogP contribution in [-0.4, -0.2) is 12.6 Å². The predicted molar refractivity (Wildman–Crippen MR) is 419 cm³/mol. The molecule has 0 aromatic carbocycles. The Morgan fingerprint density at radius 1 is 0.239 bits per heavy atom. The monoisotopic (exact) mass is 1290 g/mol. The Morgan fingerprint density at radius 3 is 0.707 bits per heavy atom. The van der Waals surface area contributed by atoms with Gasteiger partial charge in [0.05, 0.1) is 12.0 Å². The molecule has 0 aliphatic rings. The molecule has 550 valence electrons. The van der Waals surface area contributed by atoms with E-state index in [4.69, 9.17) is 4.74 Å². The number of carbonyl (C=O) groups is 1. The quantitative estimate of drug-likeness (QED) is 0.0345. The minimum absolute atomic E-state index is 0.00634. The smallest absolute Gasteiger partial charge is 0.312 e. The Morgan fingerprint density at radius 2 is 0.435 bits per heavy atom. The number of hydrogen-bond acceptors (Lipinski definition) is 2.